The Morgan fingerprint density at radius 1 is 0.850 bits per heavy atom. The number of azo groups is 1. The van der Waals surface area contributed by atoms with Gasteiger partial charge in [0.2, 0.25) is 6.33 Å². The van der Waals surface area contributed by atoms with Crippen LogP contribution in [0.2, 0.25) is 0 Å². The normalized spacial score (nSPS) is 20.3. The molecule has 206 valence electrons. The van der Waals surface area contributed by atoms with Crippen LogP contribution in [0.3, 0.4) is 0 Å². The molecule has 1 unspecified atom stereocenters. The van der Waals surface area contributed by atoms with Crippen molar-refractivity contribution in [2.24, 2.45) is 10.2 Å². The van der Waals surface area contributed by atoms with Crippen molar-refractivity contribution < 1.29 is 4.57 Å². The van der Waals surface area contributed by atoms with Crippen molar-refractivity contribution in [3.05, 3.63) is 102 Å². The predicted molar refractivity (Wildman–Crippen MR) is 158 cm³/mol. The van der Waals surface area contributed by atoms with E-state index >= 15 is 0 Å². The van der Waals surface area contributed by atoms with Gasteiger partial charge in [-0.2, -0.15) is 0 Å². The van der Waals surface area contributed by atoms with Crippen molar-refractivity contribution in [3.8, 4) is 0 Å². The number of aromatic nitrogens is 3. The molecule has 0 radical (unpaired) electrons. The number of hydrogen-bond donors (Lipinski definition) is 0. The van der Waals surface area contributed by atoms with E-state index in [4.69, 9.17) is 0 Å². The Labute approximate surface area is 237 Å². The van der Waals surface area contributed by atoms with E-state index in [2.05, 4.69) is 90.2 Å². The van der Waals surface area contributed by atoms with Crippen LogP contribution in [0.5, 0.6) is 0 Å². The molecule has 2 bridgehead atoms. The van der Waals surface area contributed by atoms with Gasteiger partial charge in [0.25, 0.3) is 0 Å². The molecule has 3 aliphatic heterocycles. The summed E-state index contributed by atoms with van der Waals surface area (Å²) < 4.78 is 3.96. The fourth-order valence-corrected chi connectivity index (χ4v) is 5.81. The summed E-state index contributed by atoms with van der Waals surface area (Å²) in [5, 5.41) is 13.9. The average Bonchev–Trinajstić information content (AvgIpc) is 3.38. The van der Waals surface area contributed by atoms with Crippen LogP contribution in [0.4, 0.5) is 17.3 Å². The van der Waals surface area contributed by atoms with Gasteiger partial charge in [-0.25, -0.2) is 4.57 Å². The first-order valence-corrected chi connectivity index (χ1v) is 14.4. The van der Waals surface area contributed by atoms with Crippen LogP contribution in [0, 0.1) is 0 Å². The van der Waals surface area contributed by atoms with E-state index in [0.717, 1.165) is 24.2 Å². The molecule has 7 rings (SSSR count). The summed E-state index contributed by atoms with van der Waals surface area (Å²) in [5.74, 6) is 0.720. The summed E-state index contributed by atoms with van der Waals surface area (Å²) in [6.07, 6.45) is 4.32. The number of benzene rings is 3. The van der Waals surface area contributed by atoms with Gasteiger partial charge in [-0.1, -0.05) is 65.8 Å². The zero-order valence-corrected chi connectivity index (χ0v) is 23.4. The molecular weight excluding hydrogens is 496 g/mol. The lowest BCUT2D eigenvalue weighted by molar-refractivity contribution is -0.676. The summed E-state index contributed by atoms with van der Waals surface area (Å²) in [6, 6.07) is 29.8. The molecule has 1 atom stereocenters. The third-order valence-corrected chi connectivity index (χ3v) is 8.16. The molecule has 3 fully saturated rings. The smallest absolute Gasteiger partial charge is 0.375 e. The average molecular weight is 536 g/mol. The minimum absolute atomic E-state index is 0.636. The minimum atomic E-state index is 0.636. The molecule has 0 amide bonds. The minimum Gasteiger partial charge on any atom is -0.375 e. The number of piperazine rings is 3. The van der Waals surface area contributed by atoms with Gasteiger partial charge in [0.15, 0.2) is 0 Å². The van der Waals surface area contributed by atoms with E-state index in [0.29, 0.717) is 13.1 Å². The molecule has 8 nitrogen and oxygen atoms in total. The van der Waals surface area contributed by atoms with Crippen molar-refractivity contribution >= 4 is 17.3 Å². The zero-order valence-electron chi connectivity index (χ0n) is 23.4. The third kappa shape index (κ3) is 6.46. The van der Waals surface area contributed by atoms with E-state index < -0.39 is 0 Å². The molecule has 4 heterocycles. The monoisotopic (exact) mass is 535 g/mol. The van der Waals surface area contributed by atoms with Gasteiger partial charge in [0.1, 0.15) is 6.54 Å². The molecule has 0 spiro atoms. The van der Waals surface area contributed by atoms with Gasteiger partial charge in [0, 0.05) is 63.2 Å². The Balaban J connectivity index is 1.11. The first kappa shape index (κ1) is 26.3. The van der Waals surface area contributed by atoms with Crippen molar-refractivity contribution in [2.45, 2.75) is 32.0 Å². The molecule has 1 aromatic heterocycles. The summed E-state index contributed by atoms with van der Waals surface area (Å²) >= 11 is 0. The van der Waals surface area contributed by atoms with Crippen LogP contribution in [-0.4, -0.2) is 71.9 Å². The van der Waals surface area contributed by atoms with Gasteiger partial charge in [-0.05, 0) is 53.3 Å². The highest BCUT2D eigenvalue weighted by Crippen LogP contribution is 2.23. The summed E-state index contributed by atoms with van der Waals surface area (Å²) in [7, 11) is 2.18. The first-order chi connectivity index (χ1) is 19.7. The molecule has 3 saturated heterocycles. The molecule has 0 N–H and O–H groups in total. The standard InChI is InChI=1S/C32H39N8/c1-36(18-8-13-31-25-37-19-21-38(31)22-20-37)30-16-14-29(15-17-30)34-35-32-39(23-27-9-4-2-5-10-27)26-33-40(32)24-28-11-6-3-7-12-28/h2-7,9-12,14-17,26,31H,8,13,18-25H2,1H3/q+1. The Morgan fingerprint density at radius 2 is 1.55 bits per heavy atom. The molecule has 0 aliphatic carbocycles. The zero-order chi connectivity index (χ0) is 27.1. The summed E-state index contributed by atoms with van der Waals surface area (Å²) in [6.45, 7) is 8.63. The van der Waals surface area contributed by atoms with Gasteiger partial charge >= 0.3 is 5.95 Å². The largest absolute Gasteiger partial charge is 0.404 e. The van der Waals surface area contributed by atoms with Gasteiger partial charge < -0.3 is 4.90 Å². The maximum Gasteiger partial charge on any atom is 0.404 e. The fraction of sp³-hybridized carbons (Fsp3) is 0.375. The van der Waals surface area contributed by atoms with Crippen LogP contribution in [0.15, 0.2) is 101 Å². The van der Waals surface area contributed by atoms with E-state index in [1.807, 2.05) is 47.4 Å². The van der Waals surface area contributed by atoms with Crippen molar-refractivity contribution in [3.63, 3.8) is 0 Å². The van der Waals surface area contributed by atoms with Crippen LogP contribution in [0.1, 0.15) is 24.0 Å². The van der Waals surface area contributed by atoms with E-state index in [1.54, 1.807) is 0 Å². The molecular formula is C32H39N8+. The number of nitrogens with zero attached hydrogens (tertiary/aromatic N) is 8. The maximum atomic E-state index is 4.69. The van der Waals surface area contributed by atoms with Crippen LogP contribution in [0.25, 0.3) is 0 Å². The molecule has 3 aromatic carbocycles. The maximum absolute atomic E-state index is 4.69. The van der Waals surface area contributed by atoms with Gasteiger partial charge in [-0.3, -0.25) is 9.80 Å². The molecule has 8 heteroatoms. The summed E-state index contributed by atoms with van der Waals surface area (Å²) in [4.78, 5) is 7.66. The van der Waals surface area contributed by atoms with Gasteiger partial charge in [-0.15, -0.1) is 4.68 Å². The third-order valence-electron chi connectivity index (χ3n) is 8.16. The highest BCUT2D eigenvalue weighted by Gasteiger charge is 2.31. The highest BCUT2D eigenvalue weighted by atomic mass is 15.4. The Kier molecular flexibility index (Phi) is 8.25. The number of fused-ring (bicyclic) bond motifs is 3. The second kappa shape index (κ2) is 12.5. The summed E-state index contributed by atoms with van der Waals surface area (Å²) in [5.41, 5.74) is 4.41. The molecule has 40 heavy (non-hydrogen) atoms. The van der Waals surface area contributed by atoms with Crippen molar-refractivity contribution in [2.75, 3.05) is 51.2 Å². The number of hydrogen-bond acceptors (Lipinski definition) is 6. The Bertz CT molecular complexity index is 1320. The number of rotatable bonds is 11. The SMILES string of the molecule is CN(CCCC1CN2CCN1CC2)c1ccc(N=Nc2n(Cc3ccccc3)nc[n+]2Cc2ccccc2)cc1. The topological polar surface area (TPSA) is 56.1 Å². The van der Waals surface area contributed by atoms with Crippen LogP contribution >= 0.6 is 0 Å². The molecule has 3 aliphatic rings. The second-order valence-electron chi connectivity index (χ2n) is 11.0. The molecule has 0 saturated carbocycles. The fourth-order valence-electron chi connectivity index (χ4n) is 5.81. The van der Waals surface area contributed by atoms with Gasteiger partial charge in [0.05, 0.1) is 12.2 Å². The molecule has 4 aromatic rings. The van der Waals surface area contributed by atoms with E-state index in [-0.39, 0.29) is 0 Å². The highest BCUT2D eigenvalue weighted by molar-refractivity contribution is 5.52. The second-order valence-corrected chi connectivity index (χ2v) is 11.0. The Morgan fingerprint density at radius 3 is 2.23 bits per heavy atom. The lowest BCUT2D eigenvalue weighted by Gasteiger charge is -2.47. The lowest BCUT2D eigenvalue weighted by atomic mass is 10.0. The van der Waals surface area contributed by atoms with E-state index in [9.17, 15) is 0 Å². The quantitative estimate of drug-likeness (QED) is 0.203. The van der Waals surface area contributed by atoms with Crippen molar-refractivity contribution in [1.82, 2.24) is 19.6 Å². The van der Waals surface area contributed by atoms with E-state index in [1.165, 1.54) is 62.4 Å². The van der Waals surface area contributed by atoms with Crippen LogP contribution < -0.4 is 9.47 Å². The van der Waals surface area contributed by atoms with Crippen LogP contribution in [-0.2, 0) is 13.1 Å². The van der Waals surface area contributed by atoms with Crippen molar-refractivity contribution in [1.29, 1.82) is 0 Å². The predicted octanol–water partition coefficient (Wildman–Crippen LogP) is 4.90. The Hall–Kier alpha value is -3.88. The first-order valence-electron chi connectivity index (χ1n) is 14.4. The number of anilines is 1. The lowest BCUT2D eigenvalue weighted by Crippen LogP contribution is -2.60.